The molecular formula is C25H26ClN3O3. The van der Waals surface area contributed by atoms with E-state index in [-0.39, 0.29) is 11.8 Å². The number of nitrogens with zero attached hydrogens (tertiary/aromatic N) is 3. The van der Waals surface area contributed by atoms with Gasteiger partial charge in [-0.25, -0.2) is 4.98 Å². The molecule has 6 nitrogen and oxygen atoms in total. The van der Waals surface area contributed by atoms with E-state index >= 15 is 0 Å². The Morgan fingerprint density at radius 1 is 1.00 bits per heavy atom. The lowest BCUT2D eigenvalue weighted by molar-refractivity contribution is 0.0736. The van der Waals surface area contributed by atoms with Crippen LogP contribution in [0.2, 0.25) is 5.02 Å². The Bertz CT molecular complexity index is 1080. The summed E-state index contributed by atoms with van der Waals surface area (Å²) in [5, 5.41) is 0.713. The minimum Gasteiger partial charge on any atom is -0.488 e. The van der Waals surface area contributed by atoms with Gasteiger partial charge in [-0.15, -0.1) is 0 Å². The number of benzene rings is 2. The molecule has 0 radical (unpaired) electrons. The molecule has 32 heavy (non-hydrogen) atoms. The molecule has 0 spiro atoms. The first-order valence-electron chi connectivity index (χ1n) is 10.7. The highest BCUT2D eigenvalue weighted by atomic mass is 35.5. The lowest BCUT2D eigenvalue weighted by Gasteiger charge is -2.27. The van der Waals surface area contributed by atoms with Crippen molar-refractivity contribution < 1.29 is 14.3 Å². The predicted octanol–water partition coefficient (Wildman–Crippen LogP) is 4.88. The summed E-state index contributed by atoms with van der Waals surface area (Å²) in [5.74, 6) is 1.33. The Labute approximate surface area is 193 Å². The van der Waals surface area contributed by atoms with E-state index in [0.717, 1.165) is 5.56 Å². The molecule has 3 aromatic rings. The second kappa shape index (κ2) is 10.5. The first kappa shape index (κ1) is 22.1. The maximum absolute atomic E-state index is 13.3. The van der Waals surface area contributed by atoms with Crippen LogP contribution in [-0.2, 0) is 6.54 Å². The van der Waals surface area contributed by atoms with Crippen LogP contribution in [0.3, 0.4) is 0 Å². The molecule has 2 heterocycles. The Kier molecular flexibility index (Phi) is 7.24. The number of para-hydroxylation sites is 2. The molecule has 0 atom stereocenters. The van der Waals surface area contributed by atoms with Gasteiger partial charge in [0.1, 0.15) is 12.2 Å². The zero-order valence-electron chi connectivity index (χ0n) is 18.0. The quantitative estimate of drug-likeness (QED) is 0.567. The van der Waals surface area contributed by atoms with Gasteiger partial charge in [-0.05, 0) is 48.9 Å². The Morgan fingerprint density at radius 3 is 2.66 bits per heavy atom. The zero-order valence-corrected chi connectivity index (χ0v) is 18.8. The number of rotatable bonds is 3. The lowest BCUT2D eigenvalue weighted by atomic mass is 10.2. The third kappa shape index (κ3) is 5.39. The summed E-state index contributed by atoms with van der Waals surface area (Å²) in [5.41, 5.74) is 1.55. The van der Waals surface area contributed by atoms with E-state index in [0.29, 0.717) is 61.4 Å². The molecular weight excluding hydrogens is 426 g/mol. The summed E-state index contributed by atoms with van der Waals surface area (Å²) in [6.07, 6.45) is 1.62. The number of hydrogen-bond donors (Lipinski definition) is 0. The molecule has 166 valence electrons. The van der Waals surface area contributed by atoms with E-state index in [1.807, 2.05) is 54.3 Å². The number of ether oxygens (including phenoxy) is 2. The number of pyridine rings is 1. The third-order valence-corrected chi connectivity index (χ3v) is 5.61. The van der Waals surface area contributed by atoms with Crippen molar-refractivity contribution in [1.82, 2.24) is 14.8 Å². The number of carbonyl (C=O) groups is 1. The SMILES string of the molecule is CCN1CCN(Cc2cccc(Cl)c2)CCOc2ccccc2Oc2ncccc2C1=O. The molecule has 4 rings (SSSR count). The predicted molar refractivity (Wildman–Crippen MR) is 125 cm³/mol. The normalized spacial score (nSPS) is 15.3. The largest absolute Gasteiger partial charge is 0.488 e. The fraction of sp³-hybridized carbons (Fsp3) is 0.280. The Balaban J connectivity index is 1.64. The first-order valence-corrected chi connectivity index (χ1v) is 11.1. The van der Waals surface area contributed by atoms with Crippen LogP contribution in [0.4, 0.5) is 0 Å². The molecule has 0 saturated heterocycles. The van der Waals surface area contributed by atoms with Gasteiger partial charge in [0.25, 0.3) is 5.91 Å². The molecule has 0 bridgehead atoms. The van der Waals surface area contributed by atoms with Crippen LogP contribution in [-0.4, -0.2) is 53.5 Å². The molecule has 1 aliphatic heterocycles. The van der Waals surface area contributed by atoms with Crippen molar-refractivity contribution in [3.8, 4) is 17.4 Å². The van der Waals surface area contributed by atoms with Crippen molar-refractivity contribution in [2.24, 2.45) is 0 Å². The van der Waals surface area contributed by atoms with Crippen molar-refractivity contribution in [2.75, 3.05) is 32.8 Å². The maximum atomic E-state index is 13.3. The van der Waals surface area contributed by atoms with Gasteiger partial charge < -0.3 is 14.4 Å². The van der Waals surface area contributed by atoms with Crippen LogP contribution < -0.4 is 9.47 Å². The number of hydrogen-bond acceptors (Lipinski definition) is 5. The summed E-state index contributed by atoms with van der Waals surface area (Å²) >= 11 is 6.18. The number of likely N-dealkylation sites (N-methyl/N-ethyl adjacent to an activating group) is 1. The van der Waals surface area contributed by atoms with E-state index in [1.165, 1.54) is 0 Å². The first-order chi connectivity index (χ1) is 15.6. The molecule has 0 fully saturated rings. The minimum atomic E-state index is -0.101. The number of fused-ring (bicyclic) bond motifs is 2. The van der Waals surface area contributed by atoms with E-state index in [9.17, 15) is 4.79 Å². The van der Waals surface area contributed by atoms with E-state index < -0.39 is 0 Å². The fourth-order valence-electron chi connectivity index (χ4n) is 3.68. The van der Waals surface area contributed by atoms with E-state index in [2.05, 4.69) is 16.0 Å². The standard InChI is InChI=1S/C25H26ClN3O3/c1-2-29-14-13-28(18-19-7-5-8-20(26)17-19)15-16-31-22-10-3-4-11-23(22)32-24-21(25(29)30)9-6-12-27-24/h3-12,17H,2,13-16,18H2,1H3. The molecule has 0 aliphatic carbocycles. The Morgan fingerprint density at radius 2 is 1.84 bits per heavy atom. The van der Waals surface area contributed by atoms with Gasteiger partial charge in [0.05, 0.1) is 0 Å². The fourth-order valence-corrected chi connectivity index (χ4v) is 3.89. The monoisotopic (exact) mass is 451 g/mol. The van der Waals surface area contributed by atoms with Crippen molar-refractivity contribution in [3.05, 3.63) is 83.0 Å². The van der Waals surface area contributed by atoms with Gasteiger partial charge in [-0.3, -0.25) is 9.69 Å². The minimum absolute atomic E-state index is 0.101. The molecule has 7 heteroatoms. The average Bonchev–Trinajstić information content (AvgIpc) is 2.81. The Hall–Kier alpha value is -3.09. The summed E-state index contributed by atoms with van der Waals surface area (Å²) in [6.45, 7) is 5.74. The highest BCUT2D eigenvalue weighted by Gasteiger charge is 2.22. The van der Waals surface area contributed by atoms with Crippen LogP contribution in [0.25, 0.3) is 0 Å². The summed E-state index contributed by atoms with van der Waals surface area (Å²) in [6, 6.07) is 18.8. The van der Waals surface area contributed by atoms with Crippen molar-refractivity contribution in [2.45, 2.75) is 13.5 Å². The van der Waals surface area contributed by atoms with Gasteiger partial charge >= 0.3 is 0 Å². The topological polar surface area (TPSA) is 54.9 Å². The number of carbonyl (C=O) groups excluding carboxylic acids is 1. The van der Waals surface area contributed by atoms with Gasteiger partial charge in [-0.1, -0.05) is 35.9 Å². The van der Waals surface area contributed by atoms with Gasteiger partial charge in [0.2, 0.25) is 5.88 Å². The van der Waals surface area contributed by atoms with Crippen LogP contribution in [0.1, 0.15) is 22.8 Å². The molecule has 2 aromatic carbocycles. The van der Waals surface area contributed by atoms with Gasteiger partial charge in [0.15, 0.2) is 11.5 Å². The van der Waals surface area contributed by atoms with Crippen molar-refractivity contribution in [3.63, 3.8) is 0 Å². The maximum Gasteiger partial charge on any atom is 0.259 e. The molecule has 0 unspecified atom stereocenters. The highest BCUT2D eigenvalue weighted by Crippen LogP contribution is 2.32. The number of halogens is 1. The van der Waals surface area contributed by atoms with Crippen LogP contribution in [0.5, 0.6) is 17.4 Å². The summed E-state index contributed by atoms with van der Waals surface area (Å²) in [7, 11) is 0. The molecule has 0 saturated carbocycles. The molecule has 1 aliphatic rings. The van der Waals surface area contributed by atoms with Crippen LogP contribution in [0.15, 0.2) is 66.9 Å². The van der Waals surface area contributed by atoms with Crippen LogP contribution in [0, 0.1) is 0 Å². The molecule has 1 amide bonds. The molecule has 0 N–H and O–H groups in total. The summed E-state index contributed by atoms with van der Waals surface area (Å²) in [4.78, 5) is 21.7. The van der Waals surface area contributed by atoms with Gasteiger partial charge in [-0.2, -0.15) is 0 Å². The average molecular weight is 452 g/mol. The van der Waals surface area contributed by atoms with E-state index in [1.54, 1.807) is 18.3 Å². The van der Waals surface area contributed by atoms with Crippen LogP contribution >= 0.6 is 11.6 Å². The summed E-state index contributed by atoms with van der Waals surface area (Å²) < 4.78 is 12.1. The van der Waals surface area contributed by atoms with E-state index in [4.69, 9.17) is 21.1 Å². The second-order valence-electron chi connectivity index (χ2n) is 7.54. The van der Waals surface area contributed by atoms with Gasteiger partial charge in [0, 0.05) is 43.9 Å². The van der Waals surface area contributed by atoms with Crippen molar-refractivity contribution in [1.29, 1.82) is 0 Å². The number of amides is 1. The molecule has 1 aromatic heterocycles. The second-order valence-corrected chi connectivity index (χ2v) is 7.98. The zero-order chi connectivity index (χ0) is 22.3. The smallest absolute Gasteiger partial charge is 0.259 e. The highest BCUT2D eigenvalue weighted by molar-refractivity contribution is 6.30. The number of aromatic nitrogens is 1. The third-order valence-electron chi connectivity index (χ3n) is 5.37. The lowest BCUT2D eigenvalue weighted by Crippen LogP contribution is -2.39. The van der Waals surface area contributed by atoms with Crippen molar-refractivity contribution >= 4 is 17.5 Å².